The summed E-state index contributed by atoms with van der Waals surface area (Å²) in [5.41, 5.74) is 0. The number of halogens is 1. The fourth-order valence-corrected chi connectivity index (χ4v) is 0.328. The molecule has 0 spiro atoms. The SMILES string of the molecule is Fc1c[c][c]cc1. The first kappa shape index (κ1) is 4.31. The molecule has 0 bridgehead atoms. The van der Waals surface area contributed by atoms with Gasteiger partial charge >= 0.3 is 0 Å². The Kier molecular flexibility index (Phi) is 1.07. The van der Waals surface area contributed by atoms with Crippen molar-refractivity contribution in [3.8, 4) is 0 Å². The second-order valence-electron chi connectivity index (χ2n) is 1.15. The van der Waals surface area contributed by atoms with E-state index in [2.05, 4.69) is 12.1 Å². The van der Waals surface area contributed by atoms with Crippen LogP contribution < -0.4 is 0 Å². The Morgan fingerprint density at radius 1 is 1.43 bits per heavy atom. The molecule has 7 heavy (non-hydrogen) atoms. The Hall–Kier alpha value is -0.850. The molecule has 0 nitrogen and oxygen atoms in total. The van der Waals surface area contributed by atoms with Crippen LogP contribution >= 0.6 is 0 Å². The first-order chi connectivity index (χ1) is 3.39. The highest BCUT2D eigenvalue weighted by Crippen LogP contribution is 1.90. The zero-order valence-corrected chi connectivity index (χ0v) is 3.61. The van der Waals surface area contributed by atoms with Gasteiger partial charge in [0.05, 0.1) is 0 Å². The monoisotopic (exact) mass is 94.0 g/mol. The van der Waals surface area contributed by atoms with E-state index in [-0.39, 0.29) is 5.82 Å². The quantitative estimate of drug-likeness (QED) is 0.456. The molecule has 0 amide bonds. The van der Waals surface area contributed by atoms with Crippen LogP contribution in [0, 0.1) is 17.9 Å². The van der Waals surface area contributed by atoms with Gasteiger partial charge < -0.3 is 0 Å². The molecule has 0 atom stereocenters. The summed E-state index contributed by atoms with van der Waals surface area (Å²) in [5, 5.41) is 0. The van der Waals surface area contributed by atoms with Gasteiger partial charge in [-0.2, -0.15) is 0 Å². The Bertz CT molecular complexity index is 134. The molecular weight excluding hydrogens is 91.1 g/mol. The molecular formula is C6H3F. The van der Waals surface area contributed by atoms with Crippen LogP contribution in [-0.2, 0) is 0 Å². The van der Waals surface area contributed by atoms with Crippen molar-refractivity contribution in [2.45, 2.75) is 0 Å². The summed E-state index contributed by atoms with van der Waals surface area (Å²) in [6.07, 6.45) is 0. The first-order valence-corrected chi connectivity index (χ1v) is 1.93. The van der Waals surface area contributed by atoms with Crippen LogP contribution in [0.2, 0.25) is 0 Å². The van der Waals surface area contributed by atoms with Gasteiger partial charge in [0.2, 0.25) is 0 Å². The first-order valence-electron chi connectivity index (χ1n) is 1.93. The van der Waals surface area contributed by atoms with E-state index in [4.69, 9.17) is 0 Å². The standard InChI is InChI=1S/C6H3F/c7-6-4-2-1-3-5-6/h2,4-5H. The molecule has 1 heteroatoms. The lowest BCUT2D eigenvalue weighted by Crippen LogP contribution is -1.65. The van der Waals surface area contributed by atoms with Crippen LogP contribution in [0.5, 0.6) is 0 Å². The highest BCUT2D eigenvalue weighted by atomic mass is 19.1. The molecule has 1 aromatic rings. The third-order valence-electron chi connectivity index (χ3n) is 0.619. The second-order valence-corrected chi connectivity index (χ2v) is 1.15. The van der Waals surface area contributed by atoms with Crippen molar-refractivity contribution < 1.29 is 4.39 Å². The molecule has 0 N–H and O–H groups in total. The van der Waals surface area contributed by atoms with E-state index in [0.717, 1.165) is 0 Å². The molecule has 0 saturated carbocycles. The van der Waals surface area contributed by atoms with Gasteiger partial charge in [-0.3, -0.25) is 0 Å². The third-order valence-corrected chi connectivity index (χ3v) is 0.619. The van der Waals surface area contributed by atoms with Crippen LogP contribution in [-0.4, -0.2) is 0 Å². The van der Waals surface area contributed by atoms with Crippen molar-refractivity contribution >= 4 is 0 Å². The van der Waals surface area contributed by atoms with Crippen LogP contribution in [0.25, 0.3) is 0 Å². The molecule has 0 fully saturated rings. The average Bonchev–Trinajstić information content (AvgIpc) is 1.69. The van der Waals surface area contributed by atoms with Gasteiger partial charge in [0.25, 0.3) is 0 Å². The maximum Gasteiger partial charge on any atom is 0.123 e. The number of benzene rings is 1. The van der Waals surface area contributed by atoms with Crippen molar-refractivity contribution in [2.24, 2.45) is 0 Å². The van der Waals surface area contributed by atoms with E-state index in [1.807, 2.05) is 0 Å². The van der Waals surface area contributed by atoms with Crippen molar-refractivity contribution in [2.75, 3.05) is 0 Å². The molecule has 0 aliphatic rings. The zero-order valence-electron chi connectivity index (χ0n) is 3.61. The van der Waals surface area contributed by atoms with Crippen molar-refractivity contribution in [1.29, 1.82) is 0 Å². The van der Waals surface area contributed by atoms with Gasteiger partial charge in [0.15, 0.2) is 0 Å². The predicted octanol–water partition coefficient (Wildman–Crippen LogP) is 1.43. The molecule has 1 rings (SSSR count). The molecule has 0 aliphatic carbocycles. The summed E-state index contributed by atoms with van der Waals surface area (Å²) in [4.78, 5) is 0. The van der Waals surface area contributed by atoms with E-state index >= 15 is 0 Å². The molecule has 2 radical (unpaired) electrons. The summed E-state index contributed by atoms with van der Waals surface area (Å²) in [6.45, 7) is 0. The van der Waals surface area contributed by atoms with Crippen LogP contribution in [0.4, 0.5) is 4.39 Å². The van der Waals surface area contributed by atoms with Gasteiger partial charge in [-0.1, -0.05) is 6.07 Å². The smallest absolute Gasteiger partial charge is 0.123 e. The molecule has 0 unspecified atom stereocenters. The van der Waals surface area contributed by atoms with Crippen molar-refractivity contribution in [3.63, 3.8) is 0 Å². The summed E-state index contributed by atoms with van der Waals surface area (Å²) >= 11 is 0. The van der Waals surface area contributed by atoms with Crippen LogP contribution in [0.1, 0.15) is 0 Å². The minimum absolute atomic E-state index is 0.265. The lowest BCUT2D eigenvalue weighted by Gasteiger charge is -1.77. The Labute approximate surface area is 41.6 Å². The Morgan fingerprint density at radius 3 is 2.57 bits per heavy atom. The molecule has 0 aromatic heterocycles. The molecule has 0 aliphatic heterocycles. The molecule has 1 aromatic carbocycles. The largest absolute Gasteiger partial charge is 0.207 e. The van der Waals surface area contributed by atoms with E-state index in [9.17, 15) is 4.39 Å². The van der Waals surface area contributed by atoms with Gasteiger partial charge in [-0.05, 0) is 24.3 Å². The predicted molar refractivity (Wildman–Crippen MR) is 24.1 cm³/mol. The number of rotatable bonds is 0. The highest BCUT2D eigenvalue weighted by Gasteiger charge is 1.78. The van der Waals surface area contributed by atoms with Gasteiger partial charge in [0.1, 0.15) is 5.82 Å². The zero-order chi connectivity index (χ0) is 5.11. The summed E-state index contributed by atoms with van der Waals surface area (Å²) in [7, 11) is 0. The van der Waals surface area contributed by atoms with E-state index in [0.29, 0.717) is 0 Å². The molecule has 0 heterocycles. The van der Waals surface area contributed by atoms with Crippen LogP contribution in [0.3, 0.4) is 0 Å². The fraction of sp³-hybridized carbons (Fsp3) is 0. The number of hydrogen-bond acceptors (Lipinski definition) is 0. The molecule has 0 saturated heterocycles. The minimum atomic E-state index is -0.265. The summed E-state index contributed by atoms with van der Waals surface area (Å²) < 4.78 is 11.9. The fourth-order valence-electron chi connectivity index (χ4n) is 0.328. The lowest BCUT2D eigenvalue weighted by molar-refractivity contribution is 0.627. The summed E-state index contributed by atoms with van der Waals surface area (Å²) in [6, 6.07) is 9.08. The average molecular weight is 94.1 g/mol. The summed E-state index contributed by atoms with van der Waals surface area (Å²) in [5.74, 6) is -0.265. The third kappa shape index (κ3) is 1.000. The molecule has 34 valence electrons. The van der Waals surface area contributed by atoms with Crippen molar-refractivity contribution in [3.05, 3.63) is 36.1 Å². The van der Waals surface area contributed by atoms with Gasteiger partial charge in [-0.15, -0.1) is 0 Å². The van der Waals surface area contributed by atoms with Gasteiger partial charge in [-0.25, -0.2) is 4.39 Å². The van der Waals surface area contributed by atoms with Gasteiger partial charge in [0, 0.05) is 0 Å². The normalized spacial score (nSPS) is 8.71. The highest BCUT2D eigenvalue weighted by molar-refractivity contribution is 4.99. The lowest BCUT2D eigenvalue weighted by atomic mass is 10.4. The number of hydrogen-bond donors (Lipinski definition) is 0. The van der Waals surface area contributed by atoms with Crippen molar-refractivity contribution in [1.82, 2.24) is 0 Å². The van der Waals surface area contributed by atoms with E-state index in [1.165, 1.54) is 18.2 Å². The second kappa shape index (κ2) is 1.73. The maximum atomic E-state index is 11.9. The van der Waals surface area contributed by atoms with Crippen LogP contribution in [0.15, 0.2) is 18.2 Å². The maximum absolute atomic E-state index is 11.9. The minimum Gasteiger partial charge on any atom is -0.207 e. The Morgan fingerprint density at radius 2 is 2.29 bits per heavy atom. The van der Waals surface area contributed by atoms with E-state index in [1.54, 1.807) is 0 Å². The Balaban J connectivity index is 3.02. The van der Waals surface area contributed by atoms with E-state index < -0.39 is 0 Å². The topological polar surface area (TPSA) is 0 Å².